The molecule has 0 aliphatic carbocycles. The Kier molecular flexibility index (Phi) is 3.85. The number of benzene rings is 1. The van der Waals surface area contributed by atoms with E-state index in [9.17, 15) is 14.7 Å². The number of carboxylic acid groups (broad SMARTS) is 1. The smallest absolute Gasteiger partial charge is 0.334 e. The van der Waals surface area contributed by atoms with Crippen molar-refractivity contribution in [3.63, 3.8) is 0 Å². The van der Waals surface area contributed by atoms with Gasteiger partial charge in [0, 0.05) is 12.1 Å². The van der Waals surface area contributed by atoms with E-state index >= 15 is 0 Å². The Balaban J connectivity index is 2.18. The van der Waals surface area contributed by atoms with E-state index in [1.54, 1.807) is 12.1 Å². The summed E-state index contributed by atoms with van der Waals surface area (Å²) in [5, 5.41) is 18.5. The first-order valence-corrected chi connectivity index (χ1v) is 6.29. The molecule has 1 aromatic carbocycles. The van der Waals surface area contributed by atoms with Gasteiger partial charge in [-0.2, -0.15) is 0 Å². The lowest BCUT2D eigenvalue weighted by atomic mass is 10.1. The number of rotatable bonds is 3. The predicted molar refractivity (Wildman–Crippen MR) is 68.9 cm³/mol. The molecule has 1 fully saturated rings. The lowest BCUT2D eigenvalue weighted by molar-refractivity contribution is -0.149. The fourth-order valence-electron chi connectivity index (χ4n) is 2.40. The molecule has 2 atom stereocenters. The third-order valence-corrected chi connectivity index (χ3v) is 3.48. The molecule has 0 radical (unpaired) electrons. The second kappa shape index (κ2) is 5.40. The van der Waals surface area contributed by atoms with Crippen LogP contribution in [0.3, 0.4) is 0 Å². The van der Waals surface area contributed by atoms with Crippen LogP contribution in [0.4, 0.5) is 0 Å². The van der Waals surface area contributed by atoms with E-state index in [0.29, 0.717) is 24.9 Å². The van der Waals surface area contributed by atoms with Crippen molar-refractivity contribution in [1.29, 1.82) is 0 Å². The molecule has 0 spiro atoms. The maximum atomic E-state index is 12.3. The van der Waals surface area contributed by atoms with Crippen LogP contribution in [0.15, 0.2) is 24.3 Å². The molecule has 5 nitrogen and oxygen atoms in total. The largest absolute Gasteiger partial charge is 0.479 e. The summed E-state index contributed by atoms with van der Waals surface area (Å²) >= 11 is 0. The summed E-state index contributed by atoms with van der Waals surface area (Å²) < 4.78 is 0. The van der Waals surface area contributed by atoms with Crippen molar-refractivity contribution in [3.8, 4) is 0 Å². The summed E-state index contributed by atoms with van der Waals surface area (Å²) in [5.41, 5.74) is 1.58. The minimum Gasteiger partial charge on any atom is -0.479 e. The average Bonchev–Trinajstić information content (AvgIpc) is 2.86. The molecule has 2 N–H and O–H groups in total. The monoisotopic (exact) mass is 263 g/mol. The van der Waals surface area contributed by atoms with E-state index in [4.69, 9.17) is 5.11 Å². The number of hydrogen-bond donors (Lipinski definition) is 2. The van der Waals surface area contributed by atoms with Gasteiger partial charge in [0.05, 0.1) is 6.04 Å². The molecular weight excluding hydrogens is 246 g/mol. The van der Waals surface area contributed by atoms with E-state index < -0.39 is 18.1 Å². The Morgan fingerprint density at radius 1 is 1.32 bits per heavy atom. The van der Waals surface area contributed by atoms with Gasteiger partial charge in [0.1, 0.15) is 0 Å². The van der Waals surface area contributed by atoms with E-state index in [2.05, 4.69) is 0 Å². The number of likely N-dealkylation sites (tertiary alicyclic amines) is 1. The number of aliphatic hydroxyl groups is 1. The van der Waals surface area contributed by atoms with E-state index in [1.807, 2.05) is 19.1 Å². The molecule has 1 aromatic rings. The Morgan fingerprint density at radius 3 is 2.53 bits per heavy atom. The van der Waals surface area contributed by atoms with Crippen LogP contribution in [0.1, 0.15) is 28.8 Å². The van der Waals surface area contributed by atoms with Gasteiger partial charge in [-0.25, -0.2) is 4.79 Å². The number of amides is 1. The summed E-state index contributed by atoms with van der Waals surface area (Å²) in [6, 6.07) is 6.49. The fraction of sp³-hybridized carbons (Fsp3) is 0.429. The van der Waals surface area contributed by atoms with Crippen LogP contribution in [-0.2, 0) is 4.79 Å². The van der Waals surface area contributed by atoms with Crippen LogP contribution < -0.4 is 0 Å². The fourth-order valence-corrected chi connectivity index (χ4v) is 2.40. The van der Waals surface area contributed by atoms with Crippen LogP contribution >= 0.6 is 0 Å². The third kappa shape index (κ3) is 2.76. The van der Waals surface area contributed by atoms with Crippen LogP contribution in [-0.4, -0.2) is 45.7 Å². The van der Waals surface area contributed by atoms with Crippen LogP contribution in [0.2, 0.25) is 0 Å². The summed E-state index contributed by atoms with van der Waals surface area (Å²) in [7, 11) is 0. The Hall–Kier alpha value is -1.88. The van der Waals surface area contributed by atoms with Crippen molar-refractivity contribution in [2.45, 2.75) is 31.9 Å². The normalized spacial score (nSPS) is 20.3. The number of aryl methyl sites for hydroxylation is 1. The topological polar surface area (TPSA) is 77.8 Å². The molecule has 1 aliphatic rings. The second-order valence-corrected chi connectivity index (χ2v) is 4.86. The van der Waals surface area contributed by atoms with Gasteiger partial charge < -0.3 is 15.1 Å². The summed E-state index contributed by atoms with van der Waals surface area (Å²) in [6.45, 7) is 2.42. The Morgan fingerprint density at radius 2 is 1.95 bits per heavy atom. The SMILES string of the molecule is Cc1ccc(C(=O)N2CCCC2C(O)C(=O)O)cc1. The molecule has 1 heterocycles. The lowest BCUT2D eigenvalue weighted by Crippen LogP contribution is -2.46. The van der Waals surface area contributed by atoms with Gasteiger partial charge in [-0.1, -0.05) is 17.7 Å². The highest BCUT2D eigenvalue weighted by Gasteiger charge is 2.37. The number of aliphatic carboxylic acids is 1. The second-order valence-electron chi connectivity index (χ2n) is 4.86. The van der Waals surface area contributed by atoms with E-state index in [1.165, 1.54) is 4.90 Å². The number of carbonyl (C=O) groups excluding carboxylic acids is 1. The van der Waals surface area contributed by atoms with Crippen molar-refractivity contribution >= 4 is 11.9 Å². The standard InChI is InChI=1S/C14H17NO4/c1-9-4-6-10(7-5-9)13(17)15-8-2-3-11(15)12(16)14(18)19/h4-7,11-12,16H,2-3,8H2,1H3,(H,18,19). The van der Waals surface area contributed by atoms with Gasteiger partial charge in [0.2, 0.25) is 0 Å². The van der Waals surface area contributed by atoms with Crippen molar-refractivity contribution in [2.75, 3.05) is 6.54 Å². The highest BCUT2D eigenvalue weighted by molar-refractivity contribution is 5.95. The number of carbonyl (C=O) groups is 2. The van der Waals surface area contributed by atoms with Gasteiger partial charge in [-0.3, -0.25) is 4.79 Å². The van der Waals surface area contributed by atoms with Crippen molar-refractivity contribution in [2.24, 2.45) is 0 Å². The van der Waals surface area contributed by atoms with Crippen molar-refractivity contribution < 1.29 is 19.8 Å². The number of aliphatic hydroxyl groups excluding tert-OH is 1. The van der Waals surface area contributed by atoms with Crippen LogP contribution in [0, 0.1) is 6.92 Å². The zero-order chi connectivity index (χ0) is 14.0. The first-order chi connectivity index (χ1) is 9.00. The zero-order valence-corrected chi connectivity index (χ0v) is 10.7. The quantitative estimate of drug-likeness (QED) is 0.854. The first kappa shape index (κ1) is 13.5. The minimum absolute atomic E-state index is 0.220. The third-order valence-electron chi connectivity index (χ3n) is 3.48. The number of hydrogen-bond acceptors (Lipinski definition) is 3. The maximum absolute atomic E-state index is 12.3. The molecule has 102 valence electrons. The molecule has 1 saturated heterocycles. The molecule has 1 amide bonds. The maximum Gasteiger partial charge on any atom is 0.334 e. The molecule has 5 heteroatoms. The molecule has 0 aromatic heterocycles. The predicted octanol–water partition coefficient (Wildman–Crippen LogP) is 1.05. The minimum atomic E-state index is -1.52. The van der Waals surface area contributed by atoms with Gasteiger partial charge in [0.15, 0.2) is 6.10 Å². The van der Waals surface area contributed by atoms with Gasteiger partial charge in [-0.15, -0.1) is 0 Å². The molecule has 2 rings (SSSR count). The van der Waals surface area contributed by atoms with E-state index in [0.717, 1.165) is 5.56 Å². The number of carboxylic acids is 1. The summed E-state index contributed by atoms with van der Waals surface area (Å²) in [6.07, 6.45) is -0.283. The van der Waals surface area contributed by atoms with Gasteiger partial charge in [0.25, 0.3) is 5.91 Å². The Bertz CT molecular complexity index is 483. The van der Waals surface area contributed by atoms with Gasteiger partial charge in [-0.05, 0) is 31.9 Å². The number of nitrogens with zero attached hydrogens (tertiary/aromatic N) is 1. The molecule has 2 unspecified atom stereocenters. The van der Waals surface area contributed by atoms with Crippen molar-refractivity contribution in [1.82, 2.24) is 4.90 Å². The zero-order valence-electron chi connectivity index (χ0n) is 10.7. The molecule has 1 aliphatic heterocycles. The van der Waals surface area contributed by atoms with Crippen molar-refractivity contribution in [3.05, 3.63) is 35.4 Å². The Labute approximate surface area is 111 Å². The lowest BCUT2D eigenvalue weighted by Gasteiger charge is -2.26. The average molecular weight is 263 g/mol. The molecular formula is C14H17NO4. The molecule has 0 bridgehead atoms. The molecule has 19 heavy (non-hydrogen) atoms. The van der Waals surface area contributed by atoms with Crippen LogP contribution in [0.5, 0.6) is 0 Å². The van der Waals surface area contributed by atoms with Crippen LogP contribution in [0.25, 0.3) is 0 Å². The highest BCUT2D eigenvalue weighted by Crippen LogP contribution is 2.23. The van der Waals surface area contributed by atoms with E-state index in [-0.39, 0.29) is 5.91 Å². The molecule has 0 saturated carbocycles. The summed E-state index contributed by atoms with van der Waals surface area (Å²) in [5.74, 6) is -1.50. The first-order valence-electron chi connectivity index (χ1n) is 6.29. The summed E-state index contributed by atoms with van der Waals surface area (Å²) in [4.78, 5) is 24.6. The highest BCUT2D eigenvalue weighted by atomic mass is 16.4. The van der Waals surface area contributed by atoms with Gasteiger partial charge >= 0.3 is 5.97 Å².